The summed E-state index contributed by atoms with van der Waals surface area (Å²) in [5.74, 6) is -0.768. The highest BCUT2D eigenvalue weighted by Gasteiger charge is 2.14. The molecule has 0 fully saturated rings. The van der Waals surface area contributed by atoms with E-state index in [0.29, 0.717) is 5.69 Å². The minimum atomic E-state index is -3.36. The Hall–Kier alpha value is -2.21. The van der Waals surface area contributed by atoms with Crippen molar-refractivity contribution in [2.75, 3.05) is 11.1 Å². The Morgan fingerprint density at radius 3 is 2.27 bits per heavy atom. The zero-order valence-corrected chi connectivity index (χ0v) is 12.6. The van der Waals surface area contributed by atoms with Crippen LogP contribution in [0.5, 0.6) is 0 Å². The molecule has 1 amide bonds. The third kappa shape index (κ3) is 4.66. The largest absolute Gasteiger partial charge is 0.326 e. The second kappa shape index (κ2) is 7.17. The maximum Gasteiger partial charge on any atom is 0.224 e. The standard InChI is InChI=1S/C16H16FNO3S/c17-13-8-10-14(11-9-13)18-16(19)7-4-12-22(20,21)15-5-2-1-3-6-15/h1-3,5-6,8-11H,4,7,12H2,(H,18,19). The van der Waals surface area contributed by atoms with Crippen molar-refractivity contribution in [2.45, 2.75) is 17.7 Å². The van der Waals surface area contributed by atoms with Gasteiger partial charge in [0.05, 0.1) is 10.6 Å². The van der Waals surface area contributed by atoms with E-state index in [1.54, 1.807) is 18.2 Å². The van der Waals surface area contributed by atoms with Gasteiger partial charge in [-0.15, -0.1) is 0 Å². The summed E-state index contributed by atoms with van der Waals surface area (Å²) in [5, 5.41) is 2.59. The van der Waals surface area contributed by atoms with Gasteiger partial charge in [0.1, 0.15) is 5.82 Å². The summed E-state index contributed by atoms with van der Waals surface area (Å²) < 4.78 is 36.8. The molecule has 2 rings (SSSR count). The van der Waals surface area contributed by atoms with Gasteiger partial charge in [0, 0.05) is 12.1 Å². The van der Waals surface area contributed by atoms with Crippen molar-refractivity contribution in [3.63, 3.8) is 0 Å². The summed E-state index contributed by atoms with van der Waals surface area (Å²) in [4.78, 5) is 12.0. The molecule has 2 aromatic rings. The van der Waals surface area contributed by atoms with Crippen LogP contribution in [0.3, 0.4) is 0 Å². The van der Waals surface area contributed by atoms with Crippen LogP contribution in [0.2, 0.25) is 0 Å². The summed E-state index contributed by atoms with van der Waals surface area (Å²) in [6.07, 6.45) is 0.313. The van der Waals surface area contributed by atoms with Crippen LogP contribution >= 0.6 is 0 Å². The molecule has 0 unspecified atom stereocenters. The molecule has 2 aromatic carbocycles. The number of sulfone groups is 1. The Labute approximate surface area is 128 Å². The van der Waals surface area contributed by atoms with Crippen molar-refractivity contribution in [1.29, 1.82) is 0 Å². The van der Waals surface area contributed by atoms with Crippen LogP contribution in [0.25, 0.3) is 0 Å². The lowest BCUT2D eigenvalue weighted by atomic mass is 10.3. The fourth-order valence-electron chi connectivity index (χ4n) is 1.93. The quantitative estimate of drug-likeness (QED) is 0.889. The number of nitrogens with one attached hydrogen (secondary N) is 1. The van der Waals surface area contributed by atoms with Gasteiger partial charge in [0.15, 0.2) is 9.84 Å². The van der Waals surface area contributed by atoms with Gasteiger partial charge >= 0.3 is 0 Å². The molecule has 1 N–H and O–H groups in total. The van der Waals surface area contributed by atoms with Crippen molar-refractivity contribution >= 4 is 21.4 Å². The molecule has 4 nitrogen and oxygen atoms in total. The highest BCUT2D eigenvalue weighted by Crippen LogP contribution is 2.13. The van der Waals surface area contributed by atoms with Crippen LogP contribution < -0.4 is 5.32 Å². The Kier molecular flexibility index (Phi) is 5.27. The highest BCUT2D eigenvalue weighted by atomic mass is 32.2. The van der Waals surface area contributed by atoms with Gasteiger partial charge in [0.2, 0.25) is 5.91 Å². The summed E-state index contributed by atoms with van der Waals surface area (Å²) in [6.45, 7) is 0. The van der Waals surface area contributed by atoms with E-state index < -0.39 is 9.84 Å². The molecule has 22 heavy (non-hydrogen) atoms. The number of rotatable bonds is 6. The second-order valence-electron chi connectivity index (χ2n) is 4.79. The van der Waals surface area contributed by atoms with Crippen molar-refractivity contribution in [1.82, 2.24) is 0 Å². The van der Waals surface area contributed by atoms with Crippen LogP contribution in [-0.2, 0) is 14.6 Å². The number of halogens is 1. The van der Waals surface area contributed by atoms with E-state index in [1.165, 1.54) is 36.4 Å². The Balaban J connectivity index is 1.83. The first-order valence-electron chi connectivity index (χ1n) is 6.80. The molecule has 0 atom stereocenters. The van der Waals surface area contributed by atoms with Crippen LogP contribution in [0.1, 0.15) is 12.8 Å². The van der Waals surface area contributed by atoms with Crippen LogP contribution in [0, 0.1) is 5.82 Å². The molecule has 0 aliphatic heterocycles. The molecule has 0 aliphatic carbocycles. The van der Waals surface area contributed by atoms with Gasteiger partial charge in [-0.1, -0.05) is 18.2 Å². The maximum atomic E-state index is 12.7. The number of anilines is 1. The van der Waals surface area contributed by atoms with Gasteiger partial charge in [-0.2, -0.15) is 0 Å². The van der Waals surface area contributed by atoms with E-state index in [0.717, 1.165) is 0 Å². The maximum absolute atomic E-state index is 12.7. The van der Waals surface area contributed by atoms with Crippen LogP contribution in [-0.4, -0.2) is 20.1 Å². The van der Waals surface area contributed by atoms with Gasteiger partial charge < -0.3 is 5.32 Å². The first-order valence-corrected chi connectivity index (χ1v) is 8.46. The molecule has 116 valence electrons. The fraction of sp³-hybridized carbons (Fsp3) is 0.188. The third-order valence-corrected chi connectivity index (χ3v) is 4.86. The Morgan fingerprint density at radius 2 is 1.64 bits per heavy atom. The SMILES string of the molecule is O=C(CCCS(=O)(=O)c1ccccc1)Nc1ccc(F)cc1. The molecule has 0 spiro atoms. The molecule has 0 radical (unpaired) electrons. The summed E-state index contributed by atoms with van der Waals surface area (Å²) in [6, 6.07) is 13.5. The lowest BCUT2D eigenvalue weighted by Crippen LogP contribution is -2.14. The third-order valence-electron chi connectivity index (χ3n) is 3.05. The monoisotopic (exact) mass is 321 g/mol. The summed E-state index contributed by atoms with van der Waals surface area (Å²) in [5.41, 5.74) is 0.484. The molecule has 0 aromatic heterocycles. The van der Waals surface area contributed by atoms with E-state index >= 15 is 0 Å². The average Bonchev–Trinajstić information content (AvgIpc) is 2.50. The van der Waals surface area contributed by atoms with Gasteiger partial charge in [-0.3, -0.25) is 4.79 Å². The molecular formula is C16H16FNO3S. The van der Waals surface area contributed by atoms with E-state index in [2.05, 4.69) is 5.32 Å². The van der Waals surface area contributed by atoms with Crippen LogP contribution in [0.4, 0.5) is 10.1 Å². The topological polar surface area (TPSA) is 63.2 Å². The number of carbonyl (C=O) groups excluding carboxylic acids is 1. The average molecular weight is 321 g/mol. The Bertz CT molecular complexity index is 728. The molecule has 0 saturated heterocycles. The Morgan fingerprint density at radius 1 is 1.00 bits per heavy atom. The lowest BCUT2D eigenvalue weighted by molar-refractivity contribution is -0.116. The molecule has 0 heterocycles. The van der Waals surface area contributed by atoms with Gasteiger partial charge in [0.25, 0.3) is 0 Å². The minimum absolute atomic E-state index is 0.0867. The zero-order chi connectivity index (χ0) is 16.0. The first kappa shape index (κ1) is 16.2. The minimum Gasteiger partial charge on any atom is -0.326 e. The molecule has 0 saturated carbocycles. The van der Waals surface area contributed by atoms with Crippen LogP contribution in [0.15, 0.2) is 59.5 Å². The van der Waals surface area contributed by atoms with E-state index in [4.69, 9.17) is 0 Å². The molecule has 0 aliphatic rings. The molecule has 0 bridgehead atoms. The van der Waals surface area contributed by atoms with Crippen molar-refractivity contribution in [2.24, 2.45) is 0 Å². The van der Waals surface area contributed by atoms with Crippen molar-refractivity contribution in [3.05, 3.63) is 60.4 Å². The van der Waals surface area contributed by atoms with E-state index in [1.807, 2.05) is 0 Å². The van der Waals surface area contributed by atoms with Crippen molar-refractivity contribution < 1.29 is 17.6 Å². The van der Waals surface area contributed by atoms with Gasteiger partial charge in [-0.05, 0) is 42.8 Å². The number of hydrogen-bond donors (Lipinski definition) is 1. The highest BCUT2D eigenvalue weighted by molar-refractivity contribution is 7.91. The van der Waals surface area contributed by atoms with E-state index in [-0.39, 0.29) is 35.2 Å². The van der Waals surface area contributed by atoms with Crippen molar-refractivity contribution in [3.8, 4) is 0 Å². The lowest BCUT2D eigenvalue weighted by Gasteiger charge is -2.06. The number of hydrogen-bond acceptors (Lipinski definition) is 3. The first-order chi connectivity index (χ1) is 10.5. The van der Waals surface area contributed by atoms with Gasteiger partial charge in [-0.25, -0.2) is 12.8 Å². The predicted octanol–water partition coefficient (Wildman–Crippen LogP) is 3.02. The summed E-state index contributed by atoms with van der Waals surface area (Å²) in [7, 11) is -3.36. The second-order valence-corrected chi connectivity index (χ2v) is 6.90. The smallest absolute Gasteiger partial charge is 0.224 e. The summed E-state index contributed by atoms with van der Waals surface area (Å²) >= 11 is 0. The molecular weight excluding hydrogens is 305 g/mol. The fourth-order valence-corrected chi connectivity index (χ4v) is 3.26. The number of benzene rings is 2. The molecule has 6 heteroatoms. The number of amides is 1. The normalized spacial score (nSPS) is 11.1. The van der Waals surface area contributed by atoms with E-state index in [9.17, 15) is 17.6 Å². The zero-order valence-electron chi connectivity index (χ0n) is 11.8. The number of carbonyl (C=O) groups is 1. The predicted molar refractivity (Wildman–Crippen MR) is 82.8 cm³/mol.